The maximum Gasteiger partial charge on any atom is 0.416 e. The van der Waals surface area contributed by atoms with Gasteiger partial charge in [0.25, 0.3) is 0 Å². The van der Waals surface area contributed by atoms with Crippen LogP contribution in [-0.2, 0) is 6.18 Å². The summed E-state index contributed by atoms with van der Waals surface area (Å²) in [5.41, 5.74) is -0.327. The summed E-state index contributed by atoms with van der Waals surface area (Å²) >= 11 is 1.52. The molecule has 1 unspecified atom stereocenters. The zero-order valence-corrected chi connectivity index (χ0v) is 10.5. The van der Waals surface area contributed by atoms with Crippen molar-refractivity contribution in [2.45, 2.75) is 30.9 Å². The van der Waals surface area contributed by atoms with Crippen molar-refractivity contribution in [1.82, 2.24) is 5.32 Å². The molecule has 0 aliphatic carbocycles. The van der Waals surface area contributed by atoms with Crippen LogP contribution in [0.2, 0.25) is 0 Å². The van der Waals surface area contributed by atoms with Crippen LogP contribution in [0, 0.1) is 0 Å². The molecule has 1 saturated heterocycles. The second-order valence-electron chi connectivity index (χ2n) is 4.80. The lowest BCUT2D eigenvalue weighted by Gasteiger charge is -2.21. The topological polar surface area (TPSA) is 12.0 Å². The molecule has 1 aromatic carbocycles. The molecule has 1 N–H and O–H groups in total. The van der Waals surface area contributed by atoms with Gasteiger partial charge in [-0.25, -0.2) is 0 Å². The molecule has 0 spiro atoms. The molecule has 1 aliphatic rings. The van der Waals surface area contributed by atoms with Gasteiger partial charge in [0.05, 0.1) is 10.9 Å². The van der Waals surface area contributed by atoms with Gasteiger partial charge in [0.1, 0.15) is 0 Å². The van der Waals surface area contributed by atoms with Crippen molar-refractivity contribution >= 4 is 11.8 Å². The summed E-state index contributed by atoms with van der Waals surface area (Å²) in [5, 5.41) is 2.95. The van der Waals surface area contributed by atoms with Crippen LogP contribution >= 0.6 is 11.8 Å². The molecule has 2 rings (SSSR count). The van der Waals surface area contributed by atoms with Crippen LogP contribution in [-0.4, -0.2) is 11.3 Å². The first-order valence-corrected chi connectivity index (χ1v) is 6.40. The predicted octanol–water partition coefficient (Wildman–Crippen LogP) is 3.82. The molecule has 0 aromatic heterocycles. The van der Waals surface area contributed by atoms with Gasteiger partial charge in [-0.2, -0.15) is 13.2 Å². The van der Waals surface area contributed by atoms with Crippen LogP contribution in [0.5, 0.6) is 0 Å². The Balaban J connectivity index is 2.34. The quantitative estimate of drug-likeness (QED) is 0.824. The number of hydrogen-bond acceptors (Lipinski definition) is 2. The lowest BCUT2D eigenvalue weighted by Crippen LogP contribution is -2.36. The highest BCUT2D eigenvalue weighted by Crippen LogP contribution is 2.42. The number of alkyl halides is 3. The van der Waals surface area contributed by atoms with Gasteiger partial charge in [-0.15, -0.1) is 11.8 Å². The Kier molecular flexibility index (Phi) is 3.16. The monoisotopic (exact) mass is 261 g/mol. The molecule has 1 aromatic rings. The summed E-state index contributed by atoms with van der Waals surface area (Å²) in [6, 6.07) is 5.77. The third kappa shape index (κ3) is 2.77. The van der Waals surface area contributed by atoms with Gasteiger partial charge >= 0.3 is 6.18 Å². The Morgan fingerprint density at radius 2 is 1.94 bits per heavy atom. The van der Waals surface area contributed by atoms with Gasteiger partial charge in [0.15, 0.2) is 0 Å². The van der Waals surface area contributed by atoms with Crippen LogP contribution in [0.15, 0.2) is 24.3 Å². The molecule has 1 fully saturated rings. The lowest BCUT2D eigenvalue weighted by molar-refractivity contribution is -0.138. The molecule has 1 heterocycles. The van der Waals surface area contributed by atoms with E-state index in [0.717, 1.165) is 11.8 Å². The van der Waals surface area contributed by atoms with Crippen LogP contribution in [0.3, 0.4) is 0 Å². The van der Waals surface area contributed by atoms with Gasteiger partial charge in [-0.3, -0.25) is 5.32 Å². The molecule has 0 saturated carbocycles. The smallest absolute Gasteiger partial charge is 0.296 e. The van der Waals surface area contributed by atoms with E-state index in [4.69, 9.17) is 0 Å². The Morgan fingerprint density at radius 3 is 2.47 bits per heavy atom. The summed E-state index contributed by atoms with van der Waals surface area (Å²) in [5.74, 6) is 0.809. The highest BCUT2D eigenvalue weighted by Gasteiger charge is 2.38. The van der Waals surface area contributed by atoms with E-state index in [-0.39, 0.29) is 10.9 Å². The van der Waals surface area contributed by atoms with E-state index in [1.165, 1.54) is 17.8 Å². The Morgan fingerprint density at radius 1 is 1.29 bits per heavy atom. The molecule has 1 nitrogen and oxygen atoms in total. The number of benzene rings is 1. The molecule has 17 heavy (non-hydrogen) atoms. The number of thioether (sulfide) groups is 1. The Bertz CT molecular complexity index is 414. The molecule has 94 valence electrons. The van der Waals surface area contributed by atoms with Crippen molar-refractivity contribution in [2.24, 2.45) is 0 Å². The van der Waals surface area contributed by atoms with Gasteiger partial charge in [0.2, 0.25) is 0 Å². The van der Waals surface area contributed by atoms with E-state index in [9.17, 15) is 13.2 Å². The van der Waals surface area contributed by atoms with Crippen molar-refractivity contribution in [3.8, 4) is 0 Å². The van der Waals surface area contributed by atoms with Crippen molar-refractivity contribution in [2.75, 3.05) is 5.75 Å². The van der Waals surface area contributed by atoms with Gasteiger partial charge < -0.3 is 0 Å². The highest BCUT2D eigenvalue weighted by molar-refractivity contribution is 7.99. The largest absolute Gasteiger partial charge is 0.416 e. The minimum Gasteiger partial charge on any atom is -0.296 e. The predicted molar refractivity (Wildman–Crippen MR) is 63.9 cm³/mol. The summed E-state index contributed by atoms with van der Waals surface area (Å²) in [4.78, 5) is 0. The average molecular weight is 261 g/mol. The fourth-order valence-electron chi connectivity index (χ4n) is 1.88. The fraction of sp³-hybridized carbons (Fsp3) is 0.500. The maximum absolute atomic E-state index is 12.9. The highest BCUT2D eigenvalue weighted by atomic mass is 32.2. The first-order valence-electron chi connectivity index (χ1n) is 5.35. The van der Waals surface area contributed by atoms with Crippen LogP contribution < -0.4 is 5.32 Å². The number of nitrogens with one attached hydrogen (secondary N) is 1. The number of hydrogen-bond donors (Lipinski definition) is 1. The normalized spacial score (nSPS) is 23.9. The van der Waals surface area contributed by atoms with E-state index in [1.807, 2.05) is 13.8 Å². The van der Waals surface area contributed by atoms with Crippen molar-refractivity contribution in [3.05, 3.63) is 35.4 Å². The summed E-state index contributed by atoms with van der Waals surface area (Å²) in [6.07, 6.45) is -4.29. The minimum absolute atomic E-state index is 0.117. The third-order valence-electron chi connectivity index (χ3n) is 2.68. The molecular formula is C12H14F3NS. The van der Waals surface area contributed by atoms with Crippen molar-refractivity contribution in [3.63, 3.8) is 0 Å². The van der Waals surface area contributed by atoms with E-state index in [2.05, 4.69) is 5.32 Å². The van der Waals surface area contributed by atoms with Gasteiger partial charge in [0, 0.05) is 11.3 Å². The first-order chi connectivity index (χ1) is 7.80. The van der Waals surface area contributed by atoms with Crippen molar-refractivity contribution < 1.29 is 13.2 Å². The molecule has 1 atom stereocenters. The van der Waals surface area contributed by atoms with Crippen LogP contribution in [0.4, 0.5) is 13.2 Å². The minimum atomic E-state index is -4.29. The van der Waals surface area contributed by atoms with Gasteiger partial charge in [-0.05, 0) is 25.5 Å². The van der Waals surface area contributed by atoms with E-state index >= 15 is 0 Å². The molecule has 0 amide bonds. The summed E-state index contributed by atoms with van der Waals surface area (Å²) in [6.45, 7) is 3.99. The van der Waals surface area contributed by atoms with E-state index < -0.39 is 11.7 Å². The molecular weight excluding hydrogens is 247 g/mol. The van der Waals surface area contributed by atoms with Crippen LogP contribution in [0.1, 0.15) is 30.3 Å². The van der Waals surface area contributed by atoms with Gasteiger partial charge in [-0.1, -0.05) is 18.2 Å². The second-order valence-corrected chi connectivity index (χ2v) is 5.90. The van der Waals surface area contributed by atoms with E-state index in [1.54, 1.807) is 12.1 Å². The Hall–Kier alpha value is -0.680. The third-order valence-corrected chi connectivity index (χ3v) is 4.27. The van der Waals surface area contributed by atoms with E-state index in [0.29, 0.717) is 5.56 Å². The maximum atomic E-state index is 12.9. The standard InChI is InChI=1S/C12H14F3NS/c1-11(2)7-17-10(16-11)8-5-3-4-6-9(8)12(13,14)15/h3-6,10,16H,7H2,1-2H3. The molecule has 0 radical (unpaired) electrons. The average Bonchev–Trinajstić information content (AvgIpc) is 2.58. The molecule has 5 heteroatoms. The number of halogens is 3. The van der Waals surface area contributed by atoms with Crippen molar-refractivity contribution in [1.29, 1.82) is 0 Å². The SMILES string of the molecule is CC1(C)CSC(c2ccccc2C(F)(F)F)N1. The Labute approximate surface area is 103 Å². The lowest BCUT2D eigenvalue weighted by atomic mass is 10.0. The molecule has 0 bridgehead atoms. The zero-order valence-electron chi connectivity index (χ0n) is 9.64. The fourth-order valence-corrected chi connectivity index (χ4v) is 3.34. The zero-order chi connectivity index (χ0) is 12.7. The molecule has 1 aliphatic heterocycles. The van der Waals surface area contributed by atoms with Crippen LogP contribution in [0.25, 0.3) is 0 Å². The summed E-state index contributed by atoms with van der Waals surface area (Å²) < 4.78 is 38.6. The number of rotatable bonds is 1. The first kappa shape index (κ1) is 12.8. The second kappa shape index (κ2) is 4.21. The summed E-state index contributed by atoms with van der Waals surface area (Å²) in [7, 11) is 0.